The van der Waals surface area contributed by atoms with Crippen molar-refractivity contribution in [2.45, 2.75) is 38.0 Å². The molecule has 0 saturated carbocycles. The van der Waals surface area contributed by atoms with Gasteiger partial charge in [-0.25, -0.2) is 14.8 Å². The number of carbonyl (C=O) groups is 2. The SMILES string of the molecule is COC(=O)NC(C(=O)N1CCCC1c1ncc(-c2ccc(-c3ccc(-c4cnc[nH]4)cc3)nc2)[nH]1)C(C)OC. The molecule has 5 rings (SSSR count). The molecular formula is C28H31N7O4. The predicted octanol–water partition coefficient (Wildman–Crippen LogP) is 3.95. The van der Waals surface area contributed by atoms with E-state index < -0.39 is 18.2 Å². The summed E-state index contributed by atoms with van der Waals surface area (Å²) >= 11 is 0. The maximum absolute atomic E-state index is 13.4. The Hall–Kier alpha value is -4.51. The highest BCUT2D eigenvalue weighted by Gasteiger charge is 2.38. The first-order valence-corrected chi connectivity index (χ1v) is 12.8. The monoisotopic (exact) mass is 529 g/mol. The van der Waals surface area contributed by atoms with Gasteiger partial charge in [0.25, 0.3) is 0 Å². The van der Waals surface area contributed by atoms with Gasteiger partial charge in [0.15, 0.2) is 0 Å². The zero-order valence-corrected chi connectivity index (χ0v) is 22.0. The Balaban J connectivity index is 1.30. The maximum atomic E-state index is 13.4. The van der Waals surface area contributed by atoms with Gasteiger partial charge in [0.05, 0.1) is 55.1 Å². The molecule has 11 heteroatoms. The second kappa shape index (κ2) is 11.5. The second-order valence-electron chi connectivity index (χ2n) is 9.40. The van der Waals surface area contributed by atoms with Crippen LogP contribution in [-0.4, -0.2) is 74.7 Å². The molecule has 3 aromatic heterocycles. The van der Waals surface area contributed by atoms with Gasteiger partial charge in [-0.05, 0) is 37.5 Å². The molecule has 202 valence electrons. The quantitative estimate of drug-likeness (QED) is 0.314. The zero-order chi connectivity index (χ0) is 27.4. The molecule has 0 radical (unpaired) electrons. The average molecular weight is 530 g/mol. The molecule has 1 aliphatic heterocycles. The molecule has 4 aromatic rings. The van der Waals surface area contributed by atoms with Crippen LogP contribution in [0.25, 0.3) is 33.8 Å². The lowest BCUT2D eigenvalue weighted by atomic mass is 10.1. The molecule has 4 heterocycles. The van der Waals surface area contributed by atoms with E-state index in [1.54, 1.807) is 30.5 Å². The fourth-order valence-electron chi connectivity index (χ4n) is 4.81. The summed E-state index contributed by atoms with van der Waals surface area (Å²) in [5, 5.41) is 2.61. The minimum Gasteiger partial charge on any atom is -0.453 e. The van der Waals surface area contributed by atoms with Crippen molar-refractivity contribution in [3.63, 3.8) is 0 Å². The number of hydrogen-bond donors (Lipinski definition) is 3. The highest BCUT2D eigenvalue weighted by Crippen LogP contribution is 2.33. The van der Waals surface area contributed by atoms with E-state index in [1.165, 1.54) is 14.2 Å². The minimum atomic E-state index is -0.872. The Bertz CT molecular complexity index is 1400. The average Bonchev–Trinajstić information content (AvgIpc) is 3.77. The van der Waals surface area contributed by atoms with Gasteiger partial charge in [0, 0.05) is 31.0 Å². The van der Waals surface area contributed by atoms with E-state index in [4.69, 9.17) is 9.47 Å². The fraction of sp³-hybridized carbons (Fsp3) is 0.321. The van der Waals surface area contributed by atoms with E-state index in [-0.39, 0.29) is 11.9 Å². The summed E-state index contributed by atoms with van der Waals surface area (Å²) in [6.45, 7) is 2.30. The lowest BCUT2D eigenvalue weighted by Gasteiger charge is -2.30. The number of pyridine rings is 1. The number of ether oxygens (including phenoxy) is 2. The summed E-state index contributed by atoms with van der Waals surface area (Å²) in [7, 11) is 2.76. The number of benzene rings is 1. The minimum absolute atomic E-state index is 0.236. The van der Waals surface area contributed by atoms with Crippen molar-refractivity contribution in [2.24, 2.45) is 0 Å². The van der Waals surface area contributed by atoms with Gasteiger partial charge in [-0.1, -0.05) is 24.3 Å². The van der Waals surface area contributed by atoms with E-state index in [0.29, 0.717) is 12.4 Å². The molecule has 0 spiro atoms. The van der Waals surface area contributed by atoms with Gasteiger partial charge < -0.3 is 29.7 Å². The first kappa shape index (κ1) is 26.1. The van der Waals surface area contributed by atoms with Crippen molar-refractivity contribution >= 4 is 12.0 Å². The number of aromatic amines is 2. The second-order valence-corrected chi connectivity index (χ2v) is 9.40. The normalized spacial score (nSPS) is 16.6. The van der Waals surface area contributed by atoms with Crippen LogP contribution in [0.4, 0.5) is 4.79 Å². The number of alkyl carbamates (subject to hydrolysis) is 1. The predicted molar refractivity (Wildman–Crippen MR) is 144 cm³/mol. The van der Waals surface area contributed by atoms with E-state index in [9.17, 15) is 9.59 Å². The topological polar surface area (TPSA) is 138 Å². The summed E-state index contributed by atoms with van der Waals surface area (Å²) in [6.07, 6.45) is 7.39. The smallest absolute Gasteiger partial charge is 0.407 e. The third-order valence-corrected chi connectivity index (χ3v) is 7.08. The lowest BCUT2D eigenvalue weighted by Crippen LogP contribution is -2.54. The zero-order valence-electron chi connectivity index (χ0n) is 22.0. The Kier molecular flexibility index (Phi) is 7.69. The molecule has 0 bridgehead atoms. The number of carbonyl (C=O) groups excluding carboxylic acids is 2. The summed E-state index contributed by atoms with van der Waals surface area (Å²) in [5.74, 6) is 0.455. The van der Waals surface area contributed by atoms with Gasteiger partial charge in [-0.3, -0.25) is 9.78 Å². The third kappa shape index (κ3) is 5.53. The van der Waals surface area contributed by atoms with Crippen LogP contribution in [0.5, 0.6) is 0 Å². The summed E-state index contributed by atoms with van der Waals surface area (Å²) in [4.78, 5) is 46.8. The van der Waals surface area contributed by atoms with Crippen molar-refractivity contribution in [3.8, 4) is 33.8 Å². The molecule has 39 heavy (non-hydrogen) atoms. The van der Waals surface area contributed by atoms with Crippen molar-refractivity contribution in [2.75, 3.05) is 20.8 Å². The number of imidazole rings is 2. The van der Waals surface area contributed by atoms with Gasteiger partial charge in [-0.15, -0.1) is 0 Å². The molecular weight excluding hydrogens is 498 g/mol. The molecule has 3 atom stereocenters. The first-order chi connectivity index (χ1) is 19.0. The van der Waals surface area contributed by atoms with Crippen molar-refractivity contribution < 1.29 is 19.1 Å². The molecule has 0 aliphatic carbocycles. The number of hydrogen-bond acceptors (Lipinski definition) is 7. The number of rotatable bonds is 8. The van der Waals surface area contributed by atoms with Crippen LogP contribution >= 0.6 is 0 Å². The molecule has 3 N–H and O–H groups in total. The van der Waals surface area contributed by atoms with Crippen molar-refractivity contribution in [3.05, 3.63) is 67.1 Å². The van der Waals surface area contributed by atoms with Crippen molar-refractivity contribution in [1.82, 2.24) is 35.1 Å². The molecule has 11 nitrogen and oxygen atoms in total. The molecule has 1 aliphatic rings. The van der Waals surface area contributed by atoms with Gasteiger partial charge in [0.2, 0.25) is 5.91 Å². The van der Waals surface area contributed by atoms with Crippen LogP contribution in [0.2, 0.25) is 0 Å². The molecule has 1 aromatic carbocycles. The Morgan fingerprint density at radius 1 is 1.00 bits per heavy atom. The largest absolute Gasteiger partial charge is 0.453 e. The van der Waals surface area contributed by atoms with E-state index in [2.05, 4.69) is 30.2 Å². The Labute approximate surface area is 226 Å². The van der Waals surface area contributed by atoms with Gasteiger partial charge in [-0.2, -0.15) is 0 Å². The van der Waals surface area contributed by atoms with Crippen LogP contribution < -0.4 is 5.32 Å². The van der Waals surface area contributed by atoms with Crippen LogP contribution in [0, 0.1) is 0 Å². The summed E-state index contributed by atoms with van der Waals surface area (Å²) in [6, 6.07) is 11.0. The maximum Gasteiger partial charge on any atom is 0.407 e. The molecule has 1 fully saturated rings. The third-order valence-electron chi connectivity index (χ3n) is 7.08. The number of likely N-dealkylation sites (tertiary alicyclic amines) is 1. The van der Waals surface area contributed by atoms with Crippen LogP contribution in [0.15, 0.2) is 61.3 Å². The first-order valence-electron chi connectivity index (χ1n) is 12.8. The number of methoxy groups -OCH3 is 2. The van der Waals surface area contributed by atoms with Crippen LogP contribution in [0.3, 0.4) is 0 Å². The highest BCUT2D eigenvalue weighted by atomic mass is 16.5. The number of amides is 2. The standard InChI is InChI=1S/C28H31N7O4/c1-17(38-2)25(34-28(37)39-3)27(36)35-12-4-5-24(35)26-31-15-23(33-26)20-10-11-21(30-13-20)18-6-8-19(9-7-18)22-14-29-16-32-22/h6-11,13-17,24-25H,4-5,12H2,1-3H3,(H,29,32)(H,31,33)(H,34,37). The fourth-order valence-corrected chi connectivity index (χ4v) is 4.81. The van der Waals surface area contributed by atoms with Crippen LogP contribution in [-0.2, 0) is 14.3 Å². The number of H-pyrrole nitrogens is 2. The highest BCUT2D eigenvalue weighted by molar-refractivity contribution is 5.86. The van der Waals surface area contributed by atoms with Crippen LogP contribution in [0.1, 0.15) is 31.6 Å². The Morgan fingerprint density at radius 2 is 1.77 bits per heavy atom. The molecule has 1 saturated heterocycles. The van der Waals surface area contributed by atoms with Gasteiger partial charge in [0.1, 0.15) is 11.9 Å². The summed E-state index contributed by atoms with van der Waals surface area (Å²) in [5.41, 5.74) is 5.59. The van der Waals surface area contributed by atoms with E-state index >= 15 is 0 Å². The molecule has 3 unspecified atom stereocenters. The van der Waals surface area contributed by atoms with E-state index in [0.717, 1.165) is 46.6 Å². The number of aromatic nitrogens is 5. The number of nitrogens with one attached hydrogen (secondary N) is 3. The Morgan fingerprint density at radius 3 is 2.44 bits per heavy atom. The summed E-state index contributed by atoms with van der Waals surface area (Å²) < 4.78 is 10.1. The lowest BCUT2D eigenvalue weighted by molar-refractivity contribution is -0.137. The number of nitrogens with zero attached hydrogens (tertiary/aromatic N) is 4. The van der Waals surface area contributed by atoms with E-state index in [1.807, 2.05) is 42.6 Å². The van der Waals surface area contributed by atoms with Crippen molar-refractivity contribution in [1.29, 1.82) is 0 Å². The van der Waals surface area contributed by atoms with Gasteiger partial charge >= 0.3 is 6.09 Å². The molecule has 2 amide bonds.